The molecular formula is C10H8INO2. The van der Waals surface area contributed by atoms with E-state index in [0.717, 1.165) is 5.56 Å². The minimum Gasteiger partial charge on any atom is -0.424 e. The molecular weight excluding hydrogens is 293 g/mol. The first-order chi connectivity index (χ1) is 6.69. The number of nitrogens with zero attached hydrogens (tertiary/aromatic N) is 1. The van der Waals surface area contributed by atoms with E-state index in [1.165, 1.54) is 0 Å². The molecule has 0 atom stereocenters. The van der Waals surface area contributed by atoms with Crippen LogP contribution in [-0.2, 0) is 4.79 Å². The zero-order chi connectivity index (χ0) is 10.6. The van der Waals surface area contributed by atoms with Gasteiger partial charge in [0.15, 0.2) is 5.75 Å². The van der Waals surface area contributed by atoms with Gasteiger partial charge in [-0.1, -0.05) is 34.7 Å². The van der Waals surface area contributed by atoms with E-state index >= 15 is 0 Å². The van der Waals surface area contributed by atoms with Crippen molar-refractivity contribution in [3.63, 3.8) is 0 Å². The highest BCUT2D eigenvalue weighted by molar-refractivity contribution is 14.1. The number of halogens is 1. The average Bonchev–Trinajstić information content (AvgIpc) is 2.20. The Bertz CT molecular complexity index is 396. The van der Waals surface area contributed by atoms with Crippen molar-refractivity contribution >= 4 is 28.6 Å². The molecule has 1 rings (SSSR count). The number of rotatable bonds is 2. The molecule has 0 aliphatic rings. The molecule has 0 N–H and O–H groups in total. The van der Waals surface area contributed by atoms with Gasteiger partial charge in [-0.3, -0.25) is 4.79 Å². The molecule has 0 heterocycles. The fraction of sp³-hybridized carbons (Fsp3) is 0.200. The third-order valence-electron chi connectivity index (χ3n) is 1.66. The number of ether oxygens (including phenoxy) is 1. The normalized spacial score (nSPS) is 9.21. The van der Waals surface area contributed by atoms with E-state index in [0.29, 0.717) is 11.3 Å². The zero-order valence-corrected chi connectivity index (χ0v) is 9.74. The van der Waals surface area contributed by atoms with Gasteiger partial charge in [-0.05, 0) is 18.6 Å². The Balaban J connectivity index is 3.06. The molecule has 0 aliphatic carbocycles. The molecule has 0 amide bonds. The van der Waals surface area contributed by atoms with Crippen molar-refractivity contribution < 1.29 is 9.53 Å². The van der Waals surface area contributed by atoms with Gasteiger partial charge in [-0.2, -0.15) is 5.26 Å². The SMILES string of the molecule is Cc1cccc(C#N)c1OC(=O)CI. The fourth-order valence-corrected chi connectivity index (χ4v) is 1.17. The van der Waals surface area contributed by atoms with Crippen LogP contribution in [0.4, 0.5) is 0 Å². The smallest absolute Gasteiger partial charge is 0.321 e. The Kier molecular flexibility index (Phi) is 3.89. The number of hydrogen-bond donors (Lipinski definition) is 0. The van der Waals surface area contributed by atoms with Crippen LogP contribution in [-0.4, -0.2) is 10.4 Å². The van der Waals surface area contributed by atoms with E-state index in [2.05, 4.69) is 0 Å². The molecule has 0 unspecified atom stereocenters. The van der Waals surface area contributed by atoms with E-state index in [4.69, 9.17) is 10.00 Å². The molecule has 0 fully saturated rings. The molecule has 0 radical (unpaired) electrons. The van der Waals surface area contributed by atoms with Crippen LogP contribution in [0.5, 0.6) is 5.75 Å². The molecule has 72 valence electrons. The summed E-state index contributed by atoms with van der Waals surface area (Å²) in [6, 6.07) is 7.18. The second-order valence-electron chi connectivity index (χ2n) is 2.67. The zero-order valence-electron chi connectivity index (χ0n) is 7.58. The lowest BCUT2D eigenvalue weighted by molar-refractivity contribution is -0.131. The Morgan fingerprint density at radius 3 is 2.93 bits per heavy atom. The first kappa shape index (κ1) is 11.0. The van der Waals surface area contributed by atoms with Crippen molar-refractivity contribution in [2.75, 3.05) is 4.43 Å². The second-order valence-corrected chi connectivity index (χ2v) is 3.43. The molecule has 4 heteroatoms. The summed E-state index contributed by atoms with van der Waals surface area (Å²) < 4.78 is 5.32. The van der Waals surface area contributed by atoms with Crippen LogP contribution in [0.25, 0.3) is 0 Å². The van der Waals surface area contributed by atoms with Crippen LogP contribution >= 0.6 is 22.6 Å². The van der Waals surface area contributed by atoms with E-state index in [9.17, 15) is 4.79 Å². The largest absolute Gasteiger partial charge is 0.424 e. The molecule has 3 nitrogen and oxygen atoms in total. The standard InChI is InChI=1S/C10H8INO2/c1-7-3-2-4-8(6-12)10(7)14-9(13)5-11/h2-4H,5H2,1H3. The van der Waals surface area contributed by atoms with Crippen LogP contribution in [0.15, 0.2) is 18.2 Å². The van der Waals surface area contributed by atoms with Gasteiger partial charge in [0.2, 0.25) is 0 Å². The Morgan fingerprint density at radius 1 is 1.64 bits per heavy atom. The summed E-state index contributed by atoms with van der Waals surface area (Å²) in [5.41, 5.74) is 1.19. The third-order valence-corrected chi connectivity index (χ3v) is 2.28. The number of carbonyl (C=O) groups excluding carboxylic acids is 1. The predicted molar refractivity (Wildman–Crippen MR) is 60.4 cm³/mol. The molecule has 1 aromatic carbocycles. The number of hydrogen-bond acceptors (Lipinski definition) is 3. The first-order valence-corrected chi connectivity index (χ1v) is 5.48. The monoisotopic (exact) mass is 301 g/mol. The Labute approximate surface area is 95.8 Å². The summed E-state index contributed by atoms with van der Waals surface area (Å²) in [6.45, 7) is 1.80. The molecule has 0 saturated heterocycles. The van der Waals surface area contributed by atoms with Crippen LogP contribution < -0.4 is 4.74 Å². The van der Waals surface area contributed by atoms with Crippen molar-refractivity contribution in [2.24, 2.45) is 0 Å². The topological polar surface area (TPSA) is 50.1 Å². The minimum absolute atomic E-state index is 0.275. The lowest BCUT2D eigenvalue weighted by atomic mass is 10.1. The highest BCUT2D eigenvalue weighted by atomic mass is 127. The molecule has 0 spiro atoms. The number of para-hydroxylation sites is 1. The quantitative estimate of drug-likeness (QED) is 0.364. The highest BCUT2D eigenvalue weighted by Crippen LogP contribution is 2.22. The van der Waals surface area contributed by atoms with Crippen LogP contribution in [0, 0.1) is 18.3 Å². The molecule has 14 heavy (non-hydrogen) atoms. The van der Waals surface area contributed by atoms with E-state index in [1.54, 1.807) is 25.1 Å². The van der Waals surface area contributed by atoms with Crippen molar-refractivity contribution in [3.05, 3.63) is 29.3 Å². The fourth-order valence-electron chi connectivity index (χ4n) is 1.02. The third kappa shape index (κ3) is 2.45. The van der Waals surface area contributed by atoms with Crippen molar-refractivity contribution in [3.8, 4) is 11.8 Å². The minimum atomic E-state index is -0.337. The maximum Gasteiger partial charge on any atom is 0.321 e. The van der Waals surface area contributed by atoms with E-state index in [1.807, 2.05) is 28.7 Å². The van der Waals surface area contributed by atoms with Crippen LogP contribution in [0.2, 0.25) is 0 Å². The first-order valence-electron chi connectivity index (χ1n) is 3.95. The summed E-state index contributed by atoms with van der Waals surface area (Å²) in [4.78, 5) is 11.1. The number of esters is 1. The molecule has 0 aliphatic heterocycles. The maximum atomic E-state index is 11.1. The summed E-state index contributed by atoms with van der Waals surface area (Å²) in [5, 5.41) is 8.79. The highest BCUT2D eigenvalue weighted by Gasteiger charge is 2.10. The predicted octanol–water partition coefficient (Wildman–Crippen LogP) is 2.21. The Morgan fingerprint density at radius 2 is 2.36 bits per heavy atom. The lowest BCUT2D eigenvalue weighted by Crippen LogP contribution is -2.10. The van der Waals surface area contributed by atoms with E-state index < -0.39 is 0 Å². The second kappa shape index (κ2) is 4.96. The van der Waals surface area contributed by atoms with Gasteiger partial charge >= 0.3 is 5.97 Å². The van der Waals surface area contributed by atoms with Crippen LogP contribution in [0.1, 0.15) is 11.1 Å². The summed E-state index contributed by atoms with van der Waals surface area (Å²) in [7, 11) is 0. The van der Waals surface area contributed by atoms with Gasteiger partial charge in [0.05, 0.1) is 9.99 Å². The number of aryl methyl sites for hydroxylation is 1. The summed E-state index contributed by atoms with van der Waals surface area (Å²) >= 11 is 1.92. The Hall–Kier alpha value is -1.09. The van der Waals surface area contributed by atoms with Gasteiger partial charge in [0.1, 0.15) is 6.07 Å². The van der Waals surface area contributed by atoms with Gasteiger partial charge in [0.25, 0.3) is 0 Å². The van der Waals surface area contributed by atoms with E-state index in [-0.39, 0.29) is 10.4 Å². The van der Waals surface area contributed by atoms with Gasteiger partial charge in [-0.15, -0.1) is 0 Å². The number of benzene rings is 1. The maximum absolute atomic E-state index is 11.1. The molecule has 0 saturated carbocycles. The summed E-state index contributed by atoms with van der Waals surface area (Å²) in [5.74, 6) is 0.0352. The van der Waals surface area contributed by atoms with Crippen molar-refractivity contribution in [1.82, 2.24) is 0 Å². The molecule has 1 aromatic rings. The number of carbonyl (C=O) groups is 1. The van der Waals surface area contributed by atoms with Crippen molar-refractivity contribution in [1.29, 1.82) is 5.26 Å². The molecule has 0 aromatic heterocycles. The lowest BCUT2D eigenvalue weighted by Gasteiger charge is -2.06. The van der Waals surface area contributed by atoms with Gasteiger partial charge in [-0.25, -0.2) is 0 Å². The van der Waals surface area contributed by atoms with Gasteiger partial charge < -0.3 is 4.74 Å². The van der Waals surface area contributed by atoms with Crippen molar-refractivity contribution in [2.45, 2.75) is 6.92 Å². The van der Waals surface area contributed by atoms with Crippen LogP contribution in [0.3, 0.4) is 0 Å². The average molecular weight is 301 g/mol. The number of nitriles is 1. The molecule has 0 bridgehead atoms. The number of alkyl halides is 1. The van der Waals surface area contributed by atoms with Gasteiger partial charge in [0, 0.05) is 0 Å². The summed E-state index contributed by atoms with van der Waals surface area (Å²) in [6.07, 6.45) is 0.